The molecule has 2 heterocycles. The third kappa shape index (κ3) is 2.83. The Labute approximate surface area is 116 Å². The maximum Gasteiger partial charge on any atom is 0.322 e. The predicted octanol–water partition coefficient (Wildman–Crippen LogP) is 3.05. The molecule has 0 fully saturated rings. The lowest BCUT2D eigenvalue weighted by Gasteiger charge is -1.99. The molecule has 0 atom stereocenters. The molecule has 3 aromatic rings. The quantitative estimate of drug-likeness (QED) is 0.786. The molecule has 3 rings (SSSR count). The molecule has 100 valence electrons. The Kier molecular flexibility index (Phi) is 3.41. The van der Waals surface area contributed by atoms with E-state index in [1.165, 1.54) is 0 Å². The fourth-order valence-electron chi connectivity index (χ4n) is 1.87. The minimum atomic E-state index is 0.396. The molecule has 20 heavy (non-hydrogen) atoms. The number of aryl methyl sites for hydroxylation is 1. The van der Waals surface area contributed by atoms with E-state index in [4.69, 9.17) is 4.52 Å². The molecular weight excluding hydrogens is 252 g/mol. The van der Waals surface area contributed by atoms with Crippen molar-refractivity contribution >= 4 is 6.01 Å². The van der Waals surface area contributed by atoms with E-state index in [9.17, 15) is 0 Å². The normalized spacial score (nSPS) is 10.4. The molecule has 0 unspecified atom stereocenters. The van der Waals surface area contributed by atoms with Gasteiger partial charge in [-0.3, -0.25) is 4.98 Å². The van der Waals surface area contributed by atoms with Crippen molar-refractivity contribution in [3.63, 3.8) is 0 Å². The van der Waals surface area contributed by atoms with Crippen LogP contribution in [0.15, 0.2) is 53.2 Å². The Morgan fingerprint density at radius 2 is 2.10 bits per heavy atom. The molecule has 5 heteroatoms. The summed E-state index contributed by atoms with van der Waals surface area (Å²) in [6.07, 6.45) is 1.75. The summed E-state index contributed by atoms with van der Waals surface area (Å²) in [5.74, 6) is 0.581. The molecule has 0 radical (unpaired) electrons. The van der Waals surface area contributed by atoms with Crippen LogP contribution in [0.5, 0.6) is 0 Å². The zero-order valence-electron chi connectivity index (χ0n) is 11.1. The highest BCUT2D eigenvalue weighted by Gasteiger charge is 2.08. The first-order valence-electron chi connectivity index (χ1n) is 6.36. The van der Waals surface area contributed by atoms with Crippen molar-refractivity contribution in [2.45, 2.75) is 13.5 Å². The lowest BCUT2D eigenvalue weighted by Crippen LogP contribution is -2.01. The topological polar surface area (TPSA) is 63.8 Å². The number of aromatic nitrogens is 3. The summed E-state index contributed by atoms with van der Waals surface area (Å²) in [5.41, 5.74) is 3.03. The van der Waals surface area contributed by atoms with Gasteiger partial charge in [-0.25, -0.2) is 0 Å². The summed E-state index contributed by atoms with van der Waals surface area (Å²) >= 11 is 0. The van der Waals surface area contributed by atoms with Gasteiger partial charge in [0.1, 0.15) is 0 Å². The lowest BCUT2D eigenvalue weighted by molar-refractivity contribution is 0.431. The molecule has 0 bridgehead atoms. The second kappa shape index (κ2) is 5.52. The van der Waals surface area contributed by atoms with E-state index < -0.39 is 0 Å². The van der Waals surface area contributed by atoms with Gasteiger partial charge in [0.2, 0.25) is 5.82 Å². The van der Waals surface area contributed by atoms with Crippen LogP contribution in [0.3, 0.4) is 0 Å². The molecule has 0 saturated carbocycles. The molecule has 0 aliphatic rings. The largest absolute Gasteiger partial charge is 0.332 e. The van der Waals surface area contributed by atoms with Crippen LogP contribution in [-0.2, 0) is 6.54 Å². The summed E-state index contributed by atoms with van der Waals surface area (Å²) in [5, 5.41) is 7.03. The van der Waals surface area contributed by atoms with Crippen LogP contribution >= 0.6 is 0 Å². The van der Waals surface area contributed by atoms with E-state index in [-0.39, 0.29) is 0 Å². The summed E-state index contributed by atoms with van der Waals surface area (Å²) in [6, 6.07) is 14.1. The van der Waals surface area contributed by atoms with Crippen LogP contribution < -0.4 is 5.32 Å². The van der Waals surface area contributed by atoms with Gasteiger partial charge in [0, 0.05) is 11.8 Å². The molecule has 1 aromatic carbocycles. The Morgan fingerprint density at radius 1 is 1.15 bits per heavy atom. The highest BCUT2D eigenvalue weighted by Crippen LogP contribution is 2.18. The molecule has 1 N–H and O–H groups in total. The minimum Gasteiger partial charge on any atom is -0.332 e. The molecule has 5 nitrogen and oxygen atoms in total. The molecule has 0 aliphatic heterocycles. The van der Waals surface area contributed by atoms with Crippen LogP contribution in [0, 0.1) is 6.92 Å². The van der Waals surface area contributed by atoms with Gasteiger partial charge < -0.3 is 9.84 Å². The van der Waals surface area contributed by atoms with Crippen LogP contribution in [0.2, 0.25) is 0 Å². The van der Waals surface area contributed by atoms with E-state index in [1.807, 2.05) is 49.4 Å². The number of nitrogens with zero attached hydrogens (tertiary/aromatic N) is 3. The first-order chi connectivity index (χ1) is 9.81. The number of rotatable bonds is 4. The Hall–Kier alpha value is -2.69. The Bertz CT molecular complexity index is 694. The molecular formula is C15H14N4O. The average Bonchev–Trinajstić information content (AvgIpc) is 2.95. The molecule has 2 aromatic heterocycles. The Balaban J connectivity index is 1.71. The first-order valence-corrected chi connectivity index (χ1v) is 6.36. The molecule has 0 aliphatic carbocycles. The number of hydrogen-bond donors (Lipinski definition) is 1. The highest BCUT2D eigenvalue weighted by molar-refractivity contribution is 5.56. The monoisotopic (exact) mass is 266 g/mol. The second-order valence-electron chi connectivity index (χ2n) is 4.47. The number of nitrogens with one attached hydrogen (secondary N) is 1. The van der Waals surface area contributed by atoms with E-state index in [0.717, 1.165) is 16.8 Å². The average molecular weight is 266 g/mol. The van der Waals surface area contributed by atoms with Crippen molar-refractivity contribution in [1.82, 2.24) is 15.1 Å². The van der Waals surface area contributed by atoms with E-state index in [1.54, 1.807) is 6.20 Å². The van der Waals surface area contributed by atoms with Crippen LogP contribution in [0.1, 0.15) is 11.3 Å². The van der Waals surface area contributed by atoms with E-state index in [0.29, 0.717) is 18.4 Å². The van der Waals surface area contributed by atoms with Gasteiger partial charge in [-0.15, -0.1) is 0 Å². The van der Waals surface area contributed by atoms with Crippen LogP contribution in [0.25, 0.3) is 11.4 Å². The van der Waals surface area contributed by atoms with Crippen LogP contribution in [0.4, 0.5) is 6.01 Å². The van der Waals surface area contributed by atoms with E-state index >= 15 is 0 Å². The van der Waals surface area contributed by atoms with Crippen molar-refractivity contribution in [2.24, 2.45) is 0 Å². The van der Waals surface area contributed by atoms with Gasteiger partial charge >= 0.3 is 6.01 Å². The minimum absolute atomic E-state index is 0.396. The smallest absolute Gasteiger partial charge is 0.322 e. The van der Waals surface area contributed by atoms with Crippen molar-refractivity contribution in [2.75, 3.05) is 5.32 Å². The lowest BCUT2D eigenvalue weighted by atomic mass is 10.1. The highest BCUT2D eigenvalue weighted by atomic mass is 16.5. The molecule has 0 spiro atoms. The van der Waals surface area contributed by atoms with Crippen molar-refractivity contribution < 1.29 is 4.52 Å². The number of benzene rings is 1. The summed E-state index contributed by atoms with van der Waals surface area (Å²) < 4.78 is 5.18. The summed E-state index contributed by atoms with van der Waals surface area (Å²) in [7, 11) is 0. The van der Waals surface area contributed by atoms with Gasteiger partial charge in [-0.2, -0.15) is 4.98 Å². The van der Waals surface area contributed by atoms with Gasteiger partial charge in [0.15, 0.2) is 0 Å². The zero-order chi connectivity index (χ0) is 13.8. The summed E-state index contributed by atoms with van der Waals surface area (Å²) in [4.78, 5) is 8.54. The summed E-state index contributed by atoms with van der Waals surface area (Å²) in [6.45, 7) is 2.58. The predicted molar refractivity (Wildman–Crippen MR) is 76.0 cm³/mol. The van der Waals surface area contributed by atoms with Crippen molar-refractivity contribution in [3.8, 4) is 11.4 Å². The SMILES string of the molecule is Cc1cccc(-c2noc(NCc3ccccn3)n2)c1. The first kappa shape index (κ1) is 12.3. The van der Waals surface area contributed by atoms with Gasteiger partial charge in [0.25, 0.3) is 0 Å². The number of hydrogen-bond acceptors (Lipinski definition) is 5. The van der Waals surface area contributed by atoms with Crippen molar-refractivity contribution in [3.05, 3.63) is 59.9 Å². The third-order valence-electron chi connectivity index (χ3n) is 2.85. The van der Waals surface area contributed by atoms with Crippen LogP contribution in [-0.4, -0.2) is 15.1 Å². The fourth-order valence-corrected chi connectivity index (χ4v) is 1.87. The maximum absolute atomic E-state index is 5.18. The fraction of sp³-hybridized carbons (Fsp3) is 0.133. The van der Waals surface area contributed by atoms with Gasteiger partial charge in [0.05, 0.1) is 12.2 Å². The maximum atomic E-state index is 5.18. The second-order valence-corrected chi connectivity index (χ2v) is 4.47. The number of pyridine rings is 1. The molecule has 0 saturated heterocycles. The zero-order valence-corrected chi connectivity index (χ0v) is 11.1. The third-order valence-corrected chi connectivity index (χ3v) is 2.85. The van der Waals surface area contributed by atoms with E-state index in [2.05, 4.69) is 20.4 Å². The molecule has 0 amide bonds. The standard InChI is InChI=1S/C15H14N4O/c1-11-5-4-6-12(9-11)14-18-15(20-19-14)17-10-13-7-2-3-8-16-13/h2-9H,10H2,1H3,(H,17,18,19). The van der Waals surface area contributed by atoms with Crippen molar-refractivity contribution in [1.29, 1.82) is 0 Å². The van der Waals surface area contributed by atoms with Gasteiger partial charge in [-0.1, -0.05) is 35.0 Å². The van der Waals surface area contributed by atoms with Gasteiger partial charge in [-0.05, 0) is 25.1 Å². The Morgan fingerprint density at radius 3 is 2.90 bits per heavy atom. The number of anilines is 1.